The fourth-order valence-corrected chi connectivity index (χ4v) is 6.92. The molecule has 1 atom stereocenters. The number of hydrogen-bond donors (Lipinski definition) is 1. The van der Waals surface area contributed by atoms with Crippen LogP contribution in [0.1, 0.15) is 37.5 Å². The lowest BCUT2D eigenvalue weighted by Crippen LogP contribution is -2.56. The summed E-state index contributed by atoms with van der Waals surface area (Å²) in [4.78, 5) is 30.2. The molecule has 0 spiro atoms. The summed E-state index contributed by atoms with van der Waals surface area (Å²) in [5.74, 6) is -0.494. The smallest absolute Gasteiger partial charge is 0.264 e. The summed E-state index contributed by atoms with van der Waals surface area (Å²) < 4.78 is 40.9. The van der Waals surface area contributed by atoms with Crippen molar-refractivity contribution in [3.8, 4) is 11.5 Å². The predicted octanol–water partition coefficient (Wildman–Crippen LogP) is 7.07. The fraction of sp³-hybridized carbons (Fsp3) is 0.297. The van der Waals surface area contributed by atoms with Crippen molar-refractivity contribution in [3.63, 3.8) is 0 Å². The number of benzene rings is 4. The average molecular weight is 727 g/mol. The van der Waals surface area contributed by atoms with Crippen molar-refractivity contribution in [2.75, 3.05) is 25.1 Å². The van der Waals surface area contributed by atoms with Gasteiger partial charge in [-0.15, -0.1) is 0 Å². The van der Waals surface area contributed by atoms with Crippen LogP contribution in [0.15, 0.2) is 95.9 Å². The van der Waals surface area contributed by atoms with Crippen LogP contribution >= 0.6 is 23.2 Å². The summed E-state index contributed by atoms with van der Waals surface area (Å²) in [7, 11) is -1.50. The van der Waals surface area contributed by atoms with Crippen LogP contribution in [0.25, 0.3) is 0 Å². The molecule has 0 aromatic heterocycles. The third-order valence-corrected chi connectivity index (χ3v) is 10.2. The molecule has 1 N–H and O–H groups in total. The van der Waals surface area contributed by atoms with Crippen LogP contribution in [0.2, 0.25) is 10.0 Å². The Balaban J connectivity index is 1.89. The minimum Gasteiger partial charge on any atom is -0.497 e. The number of carbonyl (C=O) groups excluding carboxylic acids is 2. The van der Waals surface area contributed by atoms with Crippen molar-refractivity contribution in [2.24, 2.45) is 0 Å². The van der Waals surface area contributed by atoms with Crippen LogP contribution in [0.4, 0.5) is 5.69 Å². The molecule has 260 valence electrons. The van der Waals surface area contributed by atoms with E-state index < -0.39 is 40.0 Å². The van der Waals surface area contributed by atoms with Gasteiger partial charge in [0.05, 0.1) is 34.8 Å². The molecule has 4 rings (SSSR count). The van der Waals surface area contributed by atoms with E-state index in [4.69, 9.17) is 32.7 Å². The number of rotatable bonds is 13. The number of aryl methyl sites for hydroxylation is 1. The van der Waals surface area contributed by atoms with Crippen molar-refractivity contribution in [3.05, 3.63) is 118 Å². The Morgan fingerprint density at radius 1 is 0.837 bits per heavy atom. The molecule has 12 heteroatoms. The summed E-state index contributed by atoms with van der Waals surface area (Å²) in [6.07, 6.45) is 0.156. The largest absolute Gasteiger partial charge is 0.497 e. The summed E-state index contributed by atoms with van der Waals surface area (Å²) in [5, 5.41) is 3.61. The maximum atomic E-state index is 14.8. The normalized spacial score (nSPS) is 12.2. The highest BCUT2D eigenvalue weighted by atomic mass is 35.5. The van der Waals surface area contributed by atoms with Crippen LogP contribution in [-0.4, -0.2) is 57.5 Å². The number of amides is 2. The molecular formula is C37H41Cl2N3O6S. The van der Waals surface area contributed by atoms with Gasteiger partial charge in [0.15, 0.2) is 0 Å². The van der Waals surface area contributed by atoms with E-state index in [1.807, 2.05) is 58.0 Å². The van der Waals surface area contributed by atoms with E-state index in [-0.39, 0.29) is 34.3 Å². The number of hydrogen-bond acceptors (Lipinski definition) is 6. The second-order valence-electron chi connectivity index (χ2n) is 12.6. The van der Waals surface area contributed by atoms with Gasteiger partial charge in [-0.3, -0.25) is 13.9 Å². The van der Waals surface area contributed by atoms with Gasteiger partial charge in [0.2, 0.25) is 11.8 Å². The van der Waals surface area contributed by atoms with Crippen molar-refractivity contribution < 1.29 is 27.5 Å². The molecule has 0 saturated heterocycles. The van der Waals surface area contributed by atoms with Crippen molar-refractivity contribution >= 4 is 50.7 Å². The molecule has 0 unspecified atom stereocenters. The molecule has 2 amide bonds. The van der Waals surface area contributed by atoms with Crippen molar-refractivity contribution in [1.29, 1.82) is 0 Å². The van der Waals surface area contributed by atoms with Crippen LogP contribution in [0.5, 0.6) is 11.5 Å². The zero-order valence-electron chi connectivity index (χ0n) is 28.4. The van der Waals surface area contributed by atoms with Gasteiger partial charge in [0, 0.05) is 24.6 Å². The lowest BCUT2D eigenvalue weighted by molar-refractivity contribution is -0.140. The maximum Gasteiger partial charge on any atom is 0.264 e. The van der Waals surface area contributed by atoms with E-state index in [2.05, 4.69) is 5.32 Å². The number of nitrogens with zero attached hydrogens (tertiary/aromatic N) is 2. The van der Waals surface area contributed by atoms with E-state index in [1.54, 1.807) is 42.5 Å². The minimum absolute atomic E-state index is 0.0295. The Morgan fingerprint density at radius 3 is 2.10 bits per heavy atom. The van der Waals surface area contributed by atoms with Gasteiger partial charge >= 0.3 is 0 Å². The quantitative estimate of drug-likeness (QED) is 0.158. The van der Waals surface area contributed by atoms with Gasteiger partial charge in [-0.25, -0.2) is 8.42 Å². The molecular weight excluding hydrogens is 685 g/mol. The van der Waals surface area contributed by atoms with Crippen molar-refractivity contribution in [1.82, 2.24) is 10.2 Å². The third-order valence-electron chi connectivity index (χ3n) is 7.65. The van der Waals surface area contributed by atoms with Gasteiger partial charge in [0.1, 0.15) is 24.1 Å². The monoisotopic (exact) mass is 725 g/mol. The first-order valence-electron chi connectivity index (χ1n) is 15.5. The Morgan fingerprint density at radius 2 is 1.51 bits per heavy atom. The average Bonchev–Trinajstić information content (AvgIpc) is 3.06. The number of methoxy groups -OCH3 is 2. The molecule has 0 aliphatic carbocycles. The zero-order chi connectivity index (χ0) is 35.9. The molecule has 0 aliphatic rings. The second kappa shape index (κ2) is 16.0. The highest BCUT2D eigenvalue weighted by molar-refractivity contribution is 7.92. The Labute approximate surface area is 298 Å². The number of carbonyl (C=O) groups is 2. The standard InChI is InChI=1S/C37H41Cl2N3O6S/c1-25-12-16-29(17-13-25)49(45,46)42(32-22-28(47-5)15-19-34(32)48-6)24-35(43)41(23-27-14-18-30(38)31(39)20-27)33(36(44)40-37(2,3)4)21-26-10-8-7-9-11-26/h7-20,22,33H,21,23-24H2,1-6H3,(H,40,44)/t33-/m0/s1. The zero-order valence-corrected chi connectivity index (χ0v) is 30.7. The van der Waals surface area contributed by atoms with E-state index in [9.17, 15) is 18.0 Å². The summed E-state index contributed by atoms with van der Waals surface area (Å²) >= 11 is 12.6. The van der Waals surface area contributed by atoms with E-state index in [0.717, 1.165) is 15.4 Å². The Hall–Kier alpha value is -4.25. The molecule has 49 heavy (non-hydrogen) atoms. The van der Waals surface area contributed by atoms with Gasteiger partial charge in [-0.1, -0.05) is 77.3 Å². The highest BCUT2D eigenvalue weighted by Gasteiger charge is 2.36. The SMILES string of the molecule is COc1ccc(OC)c(N(CC(=O)N(Cc2ccc(Cl)c(Cl)c2)[C@@H](Cc2ccccc2)C(=O)NC(C)(C)C)S(=O)(=O)c2ccc(C)cc2)c1. The molecule has 0 saturated carbocycles. The van der Waals surface area contributed by atoms with Crippen LogP contribution in [0, 0.1) is 6.92 Å². The molecule has 9 nitrogen and oxygen atoms in total. The first-order chi connectivity index (χ1) is 23.1. The van der Waals surface area contributed by atoms with Gasteiger partial charge < -0.3 is 19.7 Å². The topological polar surface area (TPSA) is 105 Å². The molecule has 4 aromatic rings. The highest BCUT2D eigenvalue weighted by Crippen LogP contribution is 2.36. The molecule has 0 aliphatic heterocycles. The lowest BCUT2D eigenvalue weighted by Gasteiger charge is -2.35. The van der Waals surface area contributed by atoms with Gasteiger partial charge in [-0.2, -0.15) is 0 Å². The lowest BCUT2D eigenvalue weighted by atomic mass is 10.0. The molecule has 0 heterocycles. The van der Waals surface area contributed by atoms with Crippen LogP contribution in [-0.2, 0) is 32.6 Å². The number of ether oxygens (including phenoxy) is 2. The summed E-state index contributed by atoms with van der Waals surface area (Å²) in [6, 6.07) is 24.2. The van der Waals surface area contributed by atoms with E-state index in [1.165, 1.54) is 37.3 Å². The van der Waals surface area contributed by atoms with Gasteiger partial charge in [0.25, 0.3) is 10.0 Å². The Kier molecular flexibility index (Phi) is 12.2. The van der Waals surface area contributed by atoms with E-state index >= 15 is 0 Å². The molecule has 0 radical (unpaired) electrons. The summed E-state index contributed by atoms with van der Waals surface area (Å²) in [5.41, 5.74) is 1.73. The van der Waals surface area contributed by atoms with Crippen molar-refractivity contribution in [2.45, 2.75) is 57.1 Å². The Bertz CT molecular complexity index is 1880. The predicted molar refractivity (Wildman–Crippen MR) is 194 cm³/mol. The number of sulfonamides is 1. The molecule has 0 fully saturated rings. The third kappa shape index (κ3) is 9.68. The number of nitrogens with one attached hydrogen (secondary N) is 1. The molecule has 0 bridgehead atoms. The van der Waals surface area contributed by atoms with E-state index in [0.29, 0.717) is 16.3 Å². The first-order valence-corrected chi connectivity index (χ1v) is 17.7. The van der Waals surface area contributed by atoms with Crippen LogP contribution < -0.4 is 19.1 Å². The number of anilines is 1. The maximum absolute atomic E-state index is 14.8. The van der Waals surface area contributed by atoms with Gasteiger partial charge in [-0.05, 0) is 75.2 Å². The fourth-order valence-electron chi connectivity index (χ4n) is 5.18. The number of halogens is 2. The van der Waals surface area contributed by atoms with Crippen LogP contribution in [0.3, 0.4) is 0 Å². The molecule has 4 aromatic carbocycles. The second-order valence-corrected chi connectivity index (χ2v) is 15.3. The minimum atomic E-state index is -4.36. The first kappa shape index (κ1) is 37.6. The summed E-state index contributed by atoms with van der Waals surface area (Å²) in [6.45, 7) is 6.65.